The number of anilines is 1. The van der Waals surface area contributed by atoms with Crippen molar-refractivity contribution in [3.63, 3.8) is 0 Å². The van der Waals surface area contributed by atoms with Gasteiger partial charge < -0.3 is 9.88 Å². The molecule has 1 heterocycles. The first kappa shape index (κ1) is 13.2. The Hall–Kier alpha value is -1.81. The van der Waals surface area contributed by atoms with Gasteiger partial charge in [0.2, 0.25) is 0 Å². The normalized spacial score (nSPS) is 14.2. The molecule has 5 heteroatoms. The van der Waals surface area contributed by atoms with Crippen LogP contribution in [0.25, 0.3) is 0 Å². The van der Waals surface area contributed by atoms with E-state index in [0.29, 0.717) is 18.4 Å². The van der Waals surface area contributed by atoms with E-state index in [1.54, 1.807) is 17.0 Å². The van der Waals surface area contributed by atoms with Crippen LogP contribution in [0.3, 0.4) is 0 Å². The quantitative estimate of drug-likeness (QED) is 0.921. The van der Waals surface area contributed by atoms with Crippen molar-refractivity contribution in [2.24, 2.45) is 0 Å². The molecule has 0 unspecified atom stereocenters. The molecule has 0 spiro atoms. The van der Waals surface area contributed by atoms with E-state index in [4.69, 9.17) is 11.6 Å². The molecule has 2 aromatic rings. The van der Waals surface area contributed by atoms with Crippen LogP contribution in [0.5, 0.6) is 0 Å². The third-order valence-electron chi connectivity index (χ3n) is 3.43. The molecule has 3 rings (SSSR count). The number of aromatic nitrogens is 2. The molecule has 1 aliphatic carbocycles. The monoisotopic (exact) mass is 289 g/mol. The Morgan fingerprint density at radius 2 is 2.05 bits per heavy atom. The average molecular weight is 290 g/mol. The van der Waals surface area contributed by atoms with Crippen molar-refractivity contribution >= 4 is 17.4 Å². The van der Waals surface area contributed by atoms with Gasteiger partial charge in [-0.1, -0.05) is 23.7 Å². The molecule has 1 aliphatic rings. The molecule has 1 fully saturated rings. The second kappa shape index (κ2) is 5.67. The zero-order valence-electron chi connectivity index (χ0n) is 11.1. The Morgan fingerprint density at radius 3 is 2.75 bits per heavy atom. The third-order valence-corrected chi connectivity index (χ3v) is 3.68. The summed E-state index contributed by atoms with van der Waals surface area (Å²) in [6.45, 7) is 0.679. The molecule has 1 aromatic carbocycles. The number of rotatable bonds is 5. The molecule has 20 heavy (non-hydrogen) atoms. The second-order valence-corrected chi connectivity index (χ2v) is 5.46. The third kappa shape index (κ3) is 3.02. The van der Waals surface area contributed by atoms with Crippen molar-refractivity contribution in [3.05, 3.63) is 57.6 Å². The maximum absolute atomic E-state index is 12.2. The van der Waals surface area contributed by atoms with Crippen LogP contribution >= 0.6 is 11.6 Å². The molecule has 0 saturated heterocycles. The van der Waals surface area contributed by atoms with Crippen molar-refractivity contribution in [3.8, 4) is 0 Å². The maximum atomic E-state index is 12.2. The Bertz CT molecular complexity index is 647. The minimum atomic E-state index is -0.0221. The van der Waals surface area contributed by atoms with Crippen molar-refractivity contribution in [1.82, 2.24) is 9.55 Å². The lowest BCUT2D eigenvalue weighted by atomic mass is 10.1. The van der Waals surface area contributed by atoms with Gasteiger partial charge in [-0.2, -0.15) is 0 Å². The number of benzene rings is 1. The van der Waals surface area contributed by atoms with E-state index >= 15 is 0 Å². The molecule has 0 radical (unpaired) electrons. The molecule has 0 amide bonds. The molecule has 1 aromatic heterocycles. The predicted octanol–water partition coefficient (Wildman–Crippen LogP) is 2.89. The number of nitrogens with one attached hydrogen (secondary N) is 1. The van der Waals surface area contributed by atoms with Gasteiger partial charge in [0.1, 0.15) is 0 Å². The number of hydrogen-bond donors (Lipinski definition) is 1. The van der Waals surface area contributed by atoms with Crippen molar-refractivity contribution in [2.45, 2.75) is 25.3 Å². The summed E-state index contributed by atoms with van der Waals surface area (Å²) in [5, 5.41) is 3.86. The molecule has 0 atom stereocenters. The minimum absolute atomic E-state index is 0.0221. The summed E-state index contributed by atoms with van der Waals surface area (Å²) in [5.41, 5.74) is 1.16. The number of hydrogen-bond acceptors (Lipinski definition) is 3. The minimum Gasteiger partial charge on any atom is -0.365 e. The molecule has 4 nitrogen and oxygen atoms in total. The Morgan fingerprint density at radius 1 is 1.30 bits per heavy atom. The summed E-state index contributed by atoms with van der Waals surface area (Å²) >= 11 is 5.85. The van der Waals surface area contributed by atoms with E-state index in [1.807, 2.05) is 24.3 Å². The van der Waals surface area contributed by atoms with Gasteiger partial charge >= 0.3 is 0 Å². The van der Waals surface area contributed by atoms with Gasteiger partial charge in [0.15, 0.2) is 5.82 Å². The molecule has 0 bridgehead atoms. The van der Waals surface area contributed by atoms with E-state index in [0.717, 1.165) is 24.3 Å². The summed E-state index contributed by atoms with van der Waals surface area (Å²) in [6, 6.07) is 8.10. The van der Waals surface area contributed by atoms with Gasteiger partial charge in [-0.25, -0.2) is 4.98 Å². The van der Waals surface area contributed by atoms with E-state index in [2.05, 4.69) is 10.3 Å². The van der Waals surface area contributed by atoms with Crippen LogP contribution in [0.1, 0.15) is 24.4 Å². The van der Waals surface area contributed by atoms with Crippen molar-refractivity contribution in [2.75, 3.05) is 11.9 Å². The number of halogens is 1. The summed E-state index contributed by atoms with van der Waals surface area (Å²) in [4.78, 5) is 16.3. The van der Waals surface area contributed by atoms with E-state index in [1.165, 1.54) is 5.56 Å². The summed E-state index contributed by atoms with van der Waals surface area (Å²) in [7, 11) is 0. The van der Waals surface area contributed by atoms with Crippen LogP contribution in [-0.4, -0.2) is 16.1 Å². The SMILES string of the molecule is O=c1c(NCCc2ccc(Cl)cc2)nccn1C1CC1. The summed E-state index contributed by atoms with van der Waals surface area (Å²) in [5.74, 6) is 0.438. The summed E-state index contributed by atoms with van der Waals surface area (Å²) in [6.07, 6.45) is 6.47. The van der Waals surface area contributed by atoms with Crippen LogP contribution in [0.2, 0.25) is 5.02 Å². The van der Waals surface area contributed by atoms with E-state index in [-0.39, 0.29) is 5.56 Å². The molecule has 1 N–H and O–H groups in total. The summed E-state index contributed by atoms with van der Waals surface area (Å²) < 4.78 is 1.78. The topological polar surface area (TPSA) is 46.9 Å². The number of nitrogens with zero attached hydrogens (tertiary/aromatic N) is 2. The van der Waals surface area contributed by atoms with E-state index < -0.39 is 0 Å². The van der Waals surface area contributed by atoms with Crippen LogP contribution in [0.15, 0.2) is 41.5 Å². The lowest BCUT2D eigenvalue weighted by Gasteiger charge is -2.08. The van der Waals surface area contributed by atoms with E-state index in [9.17, 15) is 4.79 Å². The predicted molar refractivity (Wildman–Crippen MR) is 80.4 cm³/mol. The standard InChI is InChI=1S/C15H16ClN3O/c16-12-3-1-11(2-4-12)7-8-17-14-15(20)19(10-9-18-14)13-5-6-13/h1-4,9-10,13H,5-8H2,(H,17,18). The lowest BCUT2D eigenvalue weighted by molar-refractivity contribution is 0.699. The molecule has 0 aliphatic heterocycles. The average Bonchev–Trinajstić information content (AvgIpc) is 3.27. The van der Waals surface area contributed by atoms with Gasteiger partial charge in [0, 0.05) is 30.0 Å². The highest BCUT2D eigenvalue weighted by atomic mass is 35.5. The molecule has 1 saturated carbocycles. The first-order valence-electron chi connectivity index (χ1n) is 6.79. The molecular formula is C15H16ClN3O. The van der Waals surface area contributed by atoms with Crippen LogP contribution < -0.4 is 10.9 Å². The fraction of sp³-hybridized carbons (Fsp3) is 0.333. The Labute approximate surface area is 122 Å². The van der Waals surface area contributed by atoms with Gasteiger partial charge in [-0.05, 0) is 37.0 Å². The maximum Gasteiger partial charge on any atom is 0.293 e. The van der Waals surface area contributed by atoms with Crippen LogP contribution in [0, 0.1) is 0 Å². The highest BCUT2D eigenvalue weighted by Gasteiger charge is 2.25. The van der Waals surface area contributed by atoms with Gasteiger partial charge in [-0.15, -0.1) is 0 Å². The largest absolute Gasteiger partial charge is 0.365 e. The zero-order valence-corrected chi connectivity index (χ0v) is 11.8. The first-order valence-corrected chi connectivity index (χ1v) is 7.17. The highest BCUT2D eigenvalue weighted by molar-refractivity contribution is 6.30. The fourth-order valence-electron chi connectivity index (χ4n) is 2.16. The Kier molecular flexibility index (Phi) is 3.74. The van der Waals surface area contributed by atoms with Crippen LogP contribution in [-0.2, 0) is 6.42 Å². The first-order chi connectivity index (χ1) is 9.74. The molecule has 104 valence electrons. The Balaban J connectivity index is 1.62. The molecular weight excluding hydrogens is 274 g/mol. The van der Waals surface area contributed by atoms with Gasteiger partial charge in [0.05, 0.1) is 0 Å². The highest BCUT2D eigenvalue weighted by Crippen LogP contribution is 2.33. The van der Waals surface area contributed by atoms with Gasteiger partial charge in [0.25, 0.3) is 5.56 Å². The lowest BCUT2D eigenvalue weighted by Crippen LogP contribution is -2.24. The van der Waals surface area contributed by atoms with Crippen LogP contribution in [0.4, 0.5) is 5.82 Å². The van der Waals surface area contributed by atoms with Crippen molar-refractivity contribution < 1.29 is 0 Å². The van der Waals surface area contributed by atoms with Crippen molar-refractivity contribution in [1.29, 1.82) is 0 Å². The van der Waals surface area contributed by atoms with Gasteiger partial charge in [-0.3, -0.25) is 4.79 Å². The smallest absolute Gasteiger partial charge is 0.293 e. The zero-order chi connectivity index (χ0) is 13.9. The second-order valence-electron chi connectivity index (χ2n) is 5.02. The fourth-order valence-corrected chi connectivity index (χ4v) is 2.29.